The molecule has 0 aliphatic heterocycles. The zero-order valence-electron chi connectivity index (χ0n) is 14.9. The van der Waals surface area contributed by atoms with Crippen molar-refractivity contribution >= 4 is 5.97 Å². The van der Waals surface area contributed by atoms with Gasteiger partial charge in [-0.3, -0.25) is 0 Å². The molecule has 0 aromatic carbocycles. The Morgan fingerprint density at radius 3 is 1.50 bits per heavy atom. The topological polar surface area (TPSA) is 46.5 Å². The van der Waals surface area contributed by atoms with Crippen LogP contribution in [0.3, 0.4) is 0 Å². The van der Waals surface area contributed by atoms with Gasteiger partial charge in [0.15, 0.2) is 6.10 Å². The molecule has 0 bridgehead atoms. The highest BCUT2D eigenvalue weighted by atomic mass is 16.5. The summed E-state index contributed by atoms with van der Waals surface area (Å²) >= 11 is 0. The maximum atomic E-state index is 11.0. The number of unbranched alkanes of at least 4 members (excludes halogenated alkanes) is 13. The molecule has 0 spiro atoms. The summed E-state index contributed by atoms with van der Waals surface area (Å²) in [6.45, 7) is 2.27. The van der Waals surface area contributed by atoms with Gasteiger partial charge in [0, 0.05) is 0 Å². The first-order valence-electron chi connectivity index (χ1n) is 9.48. The molecular weight excluding hydrogens is 276 g/mol. The number of carbonyl (C=O) groups excluding carboxylic acids is 1. The molecule has 0 amide bonds. The molecule has 0 aromatic rings. The summed E-state index contributed by atoms with van der Waals surface area (Å²) in [5.41, 5.74) is 0. The third-order valence-electron chi connectivity index (χ3n) is 4.30. The smallest absolute Gasteiger partial charge is 0.334 e. The number of aliphatic hydroxyl groups is 1. The van der Waals surface area contributed by atoms with Crippen LogP contribution >= 0.6 is 0 Å². The number of methoxy groups -OCH3 is 1. The number of rotatable bonds is 16. The zero-order valence-corrected chi connectivity index (χ0v) is 14.9. The molecule has 0 fully saturated rings. The van der Waals surface area contributed by atoms with Crippen molar-refractivity contribution in [1.82, 2.24) is 0 Å². The molecule has 1 atom stereocenters. The van der Waals surface area contributed by atoms with Gasteiger partial charge in [0.2, 0.25) is 0 Å². The van der Waals surface area contributed by atoms with Crippen LogP contribution in [0.25, 0.3) is 0 Å². The van der Waals surface area contributed by atoms with Crippen molar-refractivity contribution in [3.05, 3.63) is 0 Å². The van der Waals surface area contributed by atoms with Crippen LogP contribution in [-0.4, -0.2) is 24.3 Å². The first-order chi connectivity index (χ1) is 10.7. The Hall–Kier alpha value is -0.570. The average Bonchev–Trinajstić information content (AvgIpc) is 2.54. The van der Waals surface area contributed by atoms with Gasteiger partial charge in [0.25, 0.3) is 0 Å². The minimum atomic E-state index is -0.928. The van der Waals surface area contributed by atoms with Crippen LogP contribution in [0, 0.1) is 0 Å². The normalized spacial score (nSPS) is 12.3. The summed E-state index contributed by atoms with van der Waals surface area (Å²) in [4.78, 5) is 11.0. The molecule has 0 aromatic heterocycles. The van der Waals surface area contributed by atoms with Crippen molar-refractivity contribution in [3.8, 4) is 0 Å². The number of aliphatic hydroxyl groups excluding tert-OH is 1. The van der Waals surface area contributed by atoms with Crippen LogP contribution in [0.2, 0.25) is 0 Å². The lowest BCUT2D eigenvalue weighted by atomic mass is 10.0. The fraction of sp³-hybridized carbons (Fsp3) is 0.947. The number of hydrogen-bond donors (Lipinski definition) is 1. The van der Waals surface area contributed by atoms with Crippen LogP contribution in [0.4, 0.5) is 0 Å². The SMILES string of the molecule is CCCCCCCCCCCCCCCCC(O)C(=O)OC. The summed E-state index contributed by atoms with van der Waals surface area (Å²) < 4.78 is 4.49. The van der Waals surface area contributed by atoms with E-state index < -0.39 is 12.1 Å². The van der Waals surface area contributed by atoms with Gasteiger partial charge in [-0.25, -0.2) is 4.79 Å². The highest BCUT2D eigenvalue weighted by molar-refractivity contribution is 5.74. The highest BCUT2D eigenvalue weighted by Crippen LogP contribution is 2.13. The van der Waals surface area contributed by atoms with E-state index in [9.17, 15) is 9.90 Å². The van der Waals surface area contributed by atoms with Crippen molar-refractivity contribution in [3.63, 3.8) is 0 Å². The molecule has 1 N–H and O–H groups in total. The molecule has 0 radical (unpaired) electrons. The van der Waals surface area contributed by atoms with Crippen LogP contribution in [0.1, 0.15) is 103 Å². The Balaban J connectivity index is 3.10. The molecule has 0 saturated heterocycles. The first-order valence-corrected chi connectivity index (χ1v) is 9.48. The average molecular weight is 315 g/mol. The third-order valence-corrected chi connectivity index (χ3v) is 4.30. The molecule has 0 saturated carbocycles. The summed E-state index contributed by atoms with van der Waals surface area (Å²) in [5.74, 6) is -0.505. The number of hydrogen-bond acceptors (Lipinski definition) is 3. The van der Waals surface area contributed by atoms with Gasteiger partial charge in [0.1, 0.15) is 0 Å². The van der Waals surface area contributed by atoms with Gasteiger partial charge in [-0.1, -0.05) is 96.8 Å². The van der Waals surface area contributed by atoms with Gasteiger partial charge in [-0.2, -0.15) is 0 Å². The second kappa shape index (κ2) is 16.8. The van der Waals surface area contributed by atoms with E-state index in [1.54, 1.807) is 0 Å². The van der Waals surface area contributed by atoms with E-state index in [1.165, 1.54) is 84.2 Å². The fourth-order valence-electron chi connectivity index (χ4n) is 2.79. The van der Waals surface area contributed by atoms with Crippen LogP contribution in [0.5, 0.6) is 0 Å². The van der Waals surface area contributed by atoms with Crippen molar-refractivity contribution in [2.45, 2.75) is 109 Å². The molecule has 3 nitrogen and oxygen atoms in total. The van der Waals surface area contributed by atoms with Gasteiger partial charge in [-0.15, -0.1) is 0 Å². The predicted octanol–water partition coefficient (Wildman–Crippen LogP) is 5.39. The van der Waals surface area contributed by atoms with Gasteiger partial charge in [-0.05, 0) is 6.42 Å². The molecular formula is C19H38O3. The summed E-state index contributed by atoms with van der Waals surface area (Å²) in [5, 5.41) is 9.43. The maximum absolute atomic E-state index is 11.0. The van der Waals surface area contributed by atoms with E-state index in [4.69, 9.17) is 0 Å². The first kappa shape index (κ1) is 21.4. The van der Waals surface area contributed by atoms with E-state index >= 15 is 0 Å². The van der Waals surface area contributed by atoms with Gasteiger partial charge < -0.3 is 9.84 Å². The molecule has 0 aliphatic carbocycles. The van der Waals surface area contributed by atoms with E-state index in [2.05, 4.69) is 11.7 Å². The Morgan fingerprint density at radius 2 is 1.14 bits per heavy atom. The lowest BCUT2D eigenvalue weighted by Gasteiger charge is -2.07. The summed E-state index contributed by atoms with van der Waals surface area (Å²) in [6, 6.07) is 0. The molecule has 3 heteroatoms. The number of esters is 1. The van der Waals surface area contributed by atoms with E-state index in [1.807, 2.05) is 0 Å². The quantitative estimate of drug-likeness (QED) is 0.307. The second-order valence-corrected chi connectivity index (χ2v) is 6.42. The van der Waals surface area contributed by atoms with Crippen LogP contribution < -0.4 is 0 Å². The van der Waals surface area contributed by atoms with Crippen LogP contribution in [-0.2, 0) is 9.53 Å². The van der Waals surface area contributed by atoms with E-state index in [-0.39, 0.29) is 0 Å². The molecule has 1 unspecified atom stereocenters. The van der Waals surface area contributed by atoms with E-state index in [0.717, 1.165) is 12.8 Å². The molecule has 0 rings (SSSR count). The highest BCUT2D eigenvalue weighted by Gasteiger charge is 2.13. The van der Waals surface area contributed by atoms with Crippen molar-refractivity contribution in [2.24, 2.45) is 0 Å². The summed E-state index contributed by atoms with van der Waals surface area (Å²) in [7, 11) is 1.32. The lowest BCUT2D eigenvalue weighted by molar-refractivity contribution is -0.150. The minimum Gasteiger partial charge on any atom is -0.467 e. The van der Waals surface area contributed by atoms with Crippen molar-refractivity contribution < 1.29 is 14.6 Å². The lowest BCUT2D eigenvalue weighted by Crippen LogP contribution is -2.21. The Kier molecular flexibility index (Phi) is 16.4. The van der Waals surface area contributed by atoms with E-state index in [0.29, 0.717) is 6.42 Å². The zero-order chi connectivity index (χ0) is 16.5. The third kappa shape index (κ3) is 14.4. The van der Waals surface area contributed by atoms with Crippen LogP contribution in [0.15, 0.2) is 0 Å². The van der Waals surface area contributed by atoms with Gasteiger partial charge >= 0.3 is 5.97 Å². The predicted molar refractivity (Wildman–Crippen MR) is 93.0 cm³/mol. The fourth-order valence-corrected chi connectivity index (χ4v) is 2.79. The largest absolute Gasteiger partial charge is 0.467 e. The number of carbonyl (C=O) groups is 1. The standard InChI is InChI=1S/C19H38O3/c1-3-4-5-6-7-8-9-10-11-12-13-14-15-16-17-18(20)19(21)22-2/h18,20H,3-17H2,1-2H3. The Bertz CT molecular complexity index is 241. The number of ether oxygens (including phenoxy) is 1. The minimum absolute atomic E-state index is 0.505. The second-order valence-electron chi connectivity index (χ2n) is 6.42. The Morgan fingerprint density at radius 1 is 0.773 bits per heavy atom. The van der Waals surface area contributed by atoms with Crippen molar-refractivity contribution in [2.75, 3.05) is 7.11 Å². The molecule has 0 heterocycles. The Labute approximate surface area is 137 Å². The molecule has 22 heavy (non-hydrogen) atoms. The molecule has 0 aliphatic rings. The van der Waals surface area contributed by atoms with Gasteiger partial charge in [0.05, 0.1) is 7.11 Å². The molecule has 132 valence electrons. The summed E-state index contributed by atoms with van der Waals surface area (Å²) in [6.07, 6.45) is 18.0. The monoisotopic (exact) mass is 314 g/mol. The maximum Gasteiger partial charge on any atom is 0.334 e. The van der Waals surface area contributed by atoms with Crippen molar-refractivity contribution in [1.29, 1.82) is 0 Å².